The lowest BCUT2D eigenvalue weighted by Gasteiger charge is -2.08. The van der Waals surface area contributed by atoms with E-state index in [-0.39, 0.29) is 5.75 Å². The molecule has 3 aromatic rings. The van der Waals surface area contributed by atoms with E-state index < -0.39 is 0 Å². The summed E-state index contributed by atoms with van der Waals surface area (Å²) in [5.41, 5.74) is 4.99. The summed E-state index contributed by atoms with van der Waals surface area (Å²) in [7, 11) is 0. The molecule has 3 heteroatoms. The number of hydrogen-bond acceptors (Lipinski definition) is 2. The van der Waals surface area contributed by atoms with E-state index in [4.69, 9.17) is 0 Å². The highest BCUT2D eigenvalue weighted by Crippen LogP contribution is 2.31. The van der Waals surface area contributed by atoms with Crippen molar-refractivity contribution in [2.75, 3.05) is 0 Å². The Morgan fingerprint density at radius 1 is 0.850 bits per heavy atom. The molecule has 0 radical (unpaired) electrons. The Hall–Kier alpha value is -2.55. The number of hydrogen-bond donors (Lipinski definition) is 1. The number of aromatic nitrogens is 2. The molecule has 0 unspecified atom stereocenters. The van der Waals surface area contributed by atoms with Gasteiger partial charge in [-0.05, 0) is 26.0 Å². The fourth-order valence-corrected chi connectivity index (χ4v) is 2.20. The van der Waals surface area contributed by atoms with Gasteiger partial charge in [0.2, 0.25) is 0 Å². The van der Waals surface area contributed by atoms with E-state index in [0.717, 1.165) is 11.3 Å². The summed E-state index contributed by atoms with van der Waals surface area (Å²) < 4.78 is 1.76. The van der Waals surface area contributed by atoms with Crippen molar-refractivity contribution in [3.05, 3.63) is 65.9 Å². The molecule has 0 saturated heterocycles. The summed E-state index contributed by atoms with van der Waals surface area (Å²) >= 11 is 0. The molecule has 0 aliphatic carbocycles. The smallest absolute Gasteiger partial charge is 0.162 e. The first kappa shape index (κ1) is 12.5. The van der Waals surface area contributed by atoms with Crippen molar-refractivity contribution in [1.82, 2.24) is 9.78 Å². The molecule has 3 nitrogen and oxygen atoms in total. The maximum Gasteiger partial charge on any atom is 0.162 e. The van der Waals surface area contributed by atoms with Crippen molar-refractivity contribution in [2.24, 2.45) is 0 Å². The molecule has 0 fully saturated rings. The Morgan fingerprint density at radius 3 is 2.00 bits per heavy atom. The zero-order valence-electron chi connectivity index (χ0n) is 11.5. The third-order valence-electron chi connectivity index (χ3n) is 3.35. The molecule has 1 heterocycles. The molecule has 0 aliphatic rings. The number of aryl methyl sites for hydroxylation is 2. The van der Waals surface area contributed by atoms with Crippen LogP contribution in [0.3, 0.4) is 0 Å². The molecule has 0 saturated carbocycles. The van der Waals surface area contributed by atoms with E-state index in [9.17, 15) is 5.11 Å². The minimum atomic E-state index is 0.189. The van der Waals surface area contributed by atoms with Crippen molar-refractivity contribution in [3.8, 4) is 22.7 Å². The van der Waals surface area contributed by atoms with Gasteiger partial charge >= 0.3 is 0 Å². The predicted molar refractivity (Wildman–Crippen MR) is 80.1 cm³/mol. The maximum absolute atomic E-state index is 10.1. The van der Waals surface area contributed by atoms with Crippen molar-refractivity contribution < 1.29 is 5.11 Å². The fourth-order valence-electron chi connectivity index (χ4n) is 2.20. The lowest BCUT2D eigenvalue weighted by atomic mass is 10.1. The van der Waals surface area contributed by atoms with Gasteiger partial charge in [0, 0.05) is 5.56 Å². The van der Waals surface area contributed by atoms with Crippen LogP contribution in [0.2, 0.25) is 0 Å². The molecule has 0 spiro atoms. The van der Waals surface area contributed by atoms with Gasteiger partial charge in [0.1, 0.15) is 5.69 Å². The van der Waals surface area contributed by atoms with Crippen LogP contribution >= 0.6 is 0 Å². The Bertz CT molecular complexity index is 725. The van der Waals surface area contributed by atoms with Gasteiger partial charge in [-0.1, -0.05) is 47.5 Å². The molecule has 100 valence electrons. The average Bonchev–Trinajstić information content (AvgIpc) is 2.83. The second-order valence-electron chi connectivity index (χ2n) is 4.99. The molecular formula is C17H16N2O. The fraction of sp³-hybridized carbons (Fsp3) is 0.118. The van der Waals surface area contributed by atoms with E-state index in [2.05, 4.69) is 5.10 Å². The highest BCUT2D eigenvalue weighted by atomic mass is 16.3. The van der Waals surface area contributed by atoms with Crippen LogP contribution in [0.1, 0.15) is 11.1 Å². The topological polar surface area (TPSA) is 38.1 Å². The Balaban J connectivity index is 2.14. The van der Waals surface area contributed by atoms with E-state index in [1.807, 2.05) is 62.4 Å². The third-order valence-corrected chi connectivity index (χ3v) is 3.35. The lowest BCUT2D eigenvalue weighted by Crippen LogP contribution is -1.98. The Labute approximate surface area is 118 Å². The van der Waals surface area contributed by atoms with Gasteiger partial charge in [0.05, 0.1) is 11.9 Å². The first-order chi connectivity index (χ1) is 9.65. The van der Waals surface area contributed by atoms with Crippen molar-refractivity contribution >= 4 is 0 Å². The maximum atomic E-state index is 10.1. The molecular weight excluding hydrogens is 248 g/mol. The molecule has 0 bridgehead atoms. The van der Waals surface area contributed by atoms with Crippen LogP contribution in [-0.4, -0.2) is 14.9 Å². The van der Waals surface area contributed by atoms with Crippen molar-refractivity contribution in [1.29, 1.82) is 0 Å². The van der Waals surface area contributed by atoms with Crippen molar-refractivity contribution in [2.45, 2.75) is 13.8 Å². The van der Waals surface area contributed by atoms with Gasteiger partial charge in [0.25, 0.3) is 0 Å². The summed E-state index contributed by atoms with van der Waals surface area (Å²) in [4.78, 5) is 0. The van der Waals surface area contributed by atoms with Crippen molar-refractivity contribution in [3.63, 3.8) is 0 Å². The molecule has 1 aromatic heterocycles. The lowest BCUT2D eigenvalue weighted by molar-refractivity contribution is 0.477. The zero-order chi connectivity index (χ0) is 14.1. The second kappa shape index (κ2) is 4.85. The summed E-state index contributed by atoms with van der Waals surface area (Å²) in [6, 6.07) is 16.1. The largest absolute Gasteiger partial charge is 0.504 e. The van der Waals surface area contributed by atoms with E-state index in [1.165, 1.54) is 17.3 Å². The van der Waals surface area contributed by atoms with Crippen LogP contribution in [0.5, 0.6) is 5.75 Å². The number of benzene rings is 2. The second-order valence-corrected chi connectivity index (χ2v) is 4.99. The van der Waals surface area contributed by atoms with Crippen LogP contribution in [0, 0.1) is 13.8 Å². The minimum Gasteiger partial charge on any atom is -0.504 e. The monoisotopic (exact) mass is 264 g/mol. The van der Waals surface area contributed by atoms with Crippen LogP contribution in [-0.2, 0) is 0 Å². The molecule has 1 N–H and O–H groups in total. The normalized spacial score (nSPS) is 10.7. The summed E-state index contributed by atoms with van der Waals surface area (Å²) in [6.45, 7) is 4.09. The standard InChI is InChI=1S/C17H16N2O/c1-12-3-7-14(8-4-12)17-16(20)11-18-19(17)15-9-5-13(2)6-10-15/h3-11,20H,1-2H3. The molecule has 0 aliphatic heterocycles. The van der Waals surface area contributed by atoms with Crippen LogP contribution < -0.4 is 0 Å². The summed E-state index contributed by atoms with van der Waals surface area (Å²) in [5.74, 6) is 0.189. The van der Waals surface area contributed by atoms with E-state index in [1.54, 1.807) is 4.68 Å². The minimum absolute atomic E-state index is 0.189. The number of nitrogens with zero attached hydrogens (tertiary/aromatic N) is 2. The molecule has 20 heavy (non-hydrogen) atoms. The molecule has 3 rings (SSSR count). The van der Waals surface area contributed by atoms with Gasteiger partial charge < -0.3 is 5.11 Å². The quantitative estimate of drug-likeness (QED) is 0.763. The molecule has 2 aromatic carbocycles. The van der Waals surface area contributed by atoms with Gasteiger partial charge in [-0.15, -0.1) is 0 Å². The Kier molecular flexibility index (Phi) is 3.03. The van der Waals surface area contributed by atoms with Gasteiger partial charge in [0.15, 0.2) is 5.75 Å². The first-order valence-electron chi connectivity index (χ1n) is 6.56. The summed E-state index contributed by atoms with van der Waals surface area (Å²) in [5, 5.41) is 14.4. The predicted octanol–water partition coefficient (Wildman–Crippen LogP) is 3.86. The molecule has 0 amide bonds. The van der Waals surface area contributed by atoms with Crippen LogP contribution in [0.25, 0.3) is 16.9 Å². The highest BCUT2D eigenvalue weighted by Gasteiger charge is 2.13. The first-order valence-corrected chi connectivity index (χ1v) is 6.56. The number of aromatic hydroxyl groups is 1. The number of rotatable bonds is 2. The van der Waals surface area contributed by atoms with E-state index in [0.29, 0.717) is 5.69 Å². The van der Waals surface area contributed by atoms with Gasteiger partial charge in [-0.25, -0.2) is 4.68 Å². The van der Waals surface area contributed by atoms with Crippen LogP contribution in [0.4, 0.5) is 0 Å². The van der Waals surface area contributed by atoms with E-state index >= 15 is 0 Å². The molecule has 0 atom stereocenters. The van der Waals surface area contributed by atoms with Gasteiger partial charge in [-0.3, -0.25) is 0 Å². The zero-order valence-corrected chi connectivity index (χ0v) is 11.5. The third kappa shape index (κ3) is 2.18. The highest BCUT2D eigenvalue weighted by molar-refractivity contribution is 5.68. The Morgan fingerprint density at radius 2 is 1.40 bits per heavy atom. The van der Waals surface area contributed by atoms with Crippen LogP contribution in [0.15, 0.2) is 54.7 Å². The summed E-state index contributed by atoms with van der Waals surface area (Å²) in [6.07, 6.45) is 1.48. The SMILES string of the molecule is Cc1ccc(-c2c(O)cnn2-c2ccc(C)cc2)cc1. The van der Waals surface area contributed by atoms with Gasteiger partial charge in [-0.2, -0.15) is 5.10 Å². The average molecular weight is 264 g/mol.